The quantitative estimate of drug-likeness (QED) is 0.834. The highest BCUT2D eigenvalue weighted by Crippen LogP contribution is 2.12. The van der Waals surface area contributed by atoms with E-state index < -0.39 is 0 Å². The molecule has 0 bridgehead atoms. The summed E-state index contributed by atoms with van der Waals surface area (Å²) in [6.45, 7) is 4.85. The van der Waals surface area contributed by atoms with Crippen molar-refractivity contribution >= 4 is 5.91 Å². The molecule has 1 unspecified atom stereocenters. The van der Waals surface area contributed by atoms with Crippen LogP contribution in [0.25, 0.3) is 0 Å². The third-order valence-electron chi connectivity index (χ3n) is 3.26. The molecule has 1 aromatic heterocycles. The molecule has 1 aliphatic rings. The molecule has 1 aliphatic heterocycles. The first-order chi connectivity index (χ1) is 8.31. The van der Waals surface area contributed by atoms with Crippen molar-refractivity contribution in [3.63, 3.8) is 0 Å². The fourth-order valence-electron chi connectivity index (χ4n) is 2.25. The summed E-state index contributed by atoms with van der Waals surface area (Å²) in [7, 11) is 0. The number of carbonyl (C=O) groups is 1. The van der Waals surface area contributed by atoms with E-state index in [1.807, 2.05) is 6.92 Å². The molecule has 0 radical (unpaired) electrons. The number of aryl methyl sites for hydroxylation is 1. The summed E-state index contributed by atoms with van der Waals surface area (Å²) in [6.07, 6.45) is 4.72. The fraction of sp³-hybridized carbons (Fsp3) is 0.615. The van der Waals surface area contributed by atoms with E-state index in [1.54, 1.807) is 12.3 Å². The normalized spacial score (nSPS) is 20.2. The summed E-state index contributed by atoms with van der Waals surface area (Å²) in [5, 5.41) is 6.34. The van der Waals surface area contributed by atoms with Gasteiger partial charge in [-0.15, -0.1) is 0 Å². The number of hydrogen-bond acceptors (Lipinski definition) is 3. The van der Waals surface area contributed by atoms with E-state index in [9.17, 15) is 4.79 Å². The second-order valence-electron chi connectivity index (χ2n) is 4.53. The maximum absolute atomic E-state index is 11.9. The third-order valence-corrected chi connectivity index (χ3v) is 3.26. The number of nitrogens with one attached hydrogen (secondary N) is 2. The lowest BCUT2D eigenvalue weighted by Gasteiger charge is -2.22. The molecule has 1 amide bonds. The van der Waals surface area contributed by atoms with Crippen molar-refractivity contribution in [2.24, 2.45) is 5.92 Å². The van der Waals surface area contributed by atoms with Gasteiger partial charge in [-0.25, -0.2) is 0 Å². The molecule has 0 aliphatic carbocycles. The molecule has 2 N–H and O–H groups in total. The molecule has 17 heavy (non-hydrogen) atoms. The Morgan fingerprint density at radius 2 is 2.53 bits per heavy atom. The van der Waals surface area contributed by atoms with E-state index in [0.717, 1.165) is 31.8 Å². The van der Waals surface area contributed by atoms with Gasteiger partial charge in [0.15, 0.2) is 0 Å². The highest BCUT2D eigenvalue weighted by Gasteiger charge is 2.16. The van der Waals surface area contributed by atoms with Crippen LogP contribution in [0.3, 0.4) is 0 Å². The predicted molar refractivity (Wildman–Crippen MR) is 66.0 cm³/mol. The van der Waals surface area contributed by atoms with Gasteiger partial charge in [-0.3, -0.25) is 4.79 Å². The molecular formula is C13H20N2O2. The van der Waals surface area contributed by atoms with Crippen molar-refractivity contribution in [3.05, 3.63) is 23.7 Å². The molecule has 1 saturated heterocycles. The van der Waals surface area contributed by atoms with E-state index in [0.29, 0.717) is 11.5 Å². The van der Waals surface area contributed by atoms with E-state index in [1.165, 1.54) is 12.8 Å². The molecule has 4 heteroatoms. The molecule has 2 heterocycles. The van der Waals surface area contributed by atoms with Gasteiger partial charge in [0.2, 0.25) is 0 Å². The molecule has 4 nitrogen and oxygen atoms in total. The van der Waals surface area contributed by atoms with Crippen molar-refractivity contribution in [2.45, 2.75) is 26.2 Å². The Morgan fingerprint density at radius 3 is 3.24 bits per heavy atom. The van der Waals surface area contributed by atoms with Crippen molar-refractivity contribution in [2.75, 3.05) is 19.6 Å². The van der Waals surface area contributed by atoms with Crippen LogP contribution in [0.1, 0.15) is 35.9 Å². The second kappa shape index (κ2) is 5.87. The molecule has 0 aromatic carbocycles. The maximum atomic E-state index is 11.9. The van der Waals surface area contributed by atoms with Crippen LogP contribution < -0.4 is 10.6 Å². The average molecular weight is 236 g/mol. The minimum Gasteiger partial charge on any atom is -0.469 e. The minimum absolute atomic E-state index is 0.0128. The number of furan rings is 1. The van der Waals surface area contributed by atoms with Gasteiger partial charge in [0.1, 0.15) is 5.76 Å². The Hall–Kier alpha value is -1.29. The zero-order valence-corrected chi connectivity index (χ0v) is 10.3. The molecule has 1 aromatic rings. The molecule has 0 saturated carbocycles. The van der Waals surface area contributed by atoms with Crippen molar-refractivity contribution in [3.8, 4) is 0 Å². The molecule has 1 atom stereocenters. The van der Waals surface area contributed by atoms with Gasteiger partial charge < -0.3 is 15.1 Å². The van der Waals surface area contributed by atoms with Gasteiger partial charge in [-0.05, 0) is 37.9 Å². The monoisotopic (exact) mass is 236 g/mol. The number of piperidine rings is 1. The van der Waals surface area contributed by atoms with Gasteiger partial charge in [-0.2, -0.15) is 0 Å². The zero-order valence-electron chi connectivity index (χ0n) is 10.3. The summed E-state index contributed by atoms with van der Waals surface area (Å²) >= 11 is 0. The number of hydrogen-bond donors (Lipinski definition) is 2. The second-order valence-corrected chi connectivity index (χ2v) is 4.53. The molecule has 0 spiro atoms. The summed E-state index contributed by atoms with van der Waals surface area (Å²) in [5.41, 5.74) is 0.677. The topological polar surface area (TPSA) is 54.3 Å². The maximum Gasteiger partial charge on any atom is 0.254 e. The van der Waals surface area contributed by atoms with Crippen molar-refractivity contribution in [1.29, 1.82) is 0 Å². The average Bonchev–Trinajstić information content (AvgIpc) is 2.85. The van der Waals surface area contributed by atoms with E-state index in [4.69, 9.17) is 4.42 Å². The number of amides is 1. The van der Waals surface area contributed by atoms with Gasteiger partial charge >= 0.3 is 0 Å². The Balaban J connectivity index is 1.84. The highest BCUT2D eigenvalue weighted by atomic mass is 16.3. The molecule has 2 rings (SSSR count). The highest BCUT2D eigenvalue weighted by molar-refractivity contribution is 5.95. The third kappa shape index (κ3) is 3.09. The largest absolute Gasteiger partial charge is 0.469 e. The van der Waals surface area contributed by atoms with Crippen LogP contribution >= 0.6 is 0 Å². The van der Waals surface area contributed by atoms with Gasteiger partial charge in [0.25, 0.3) is 5.91 Å². The summed E-state index contributed by atoms with van der Waals surface area (Å²) in [6, 6.07) is 1.74. The number of rotatable bonds is 4. The summed E-state index contributed by atoms with van der Waals surface area (Å²) in [4.78, 5) is 11.9. The Bertz CT molecular complexity index is 367. The minimum atomic E-state index is -0.0128. The van der Waals surface area contributed by atoms with Crippen molar-refractivity contribution in [1.82, 2.24) is 10.6 Å². The Labute approximate surface area is 102 Å². The van der Waals surface area contributed by atoms with E-state index in [2.05, 4.69) is 10.6 Å². The lowest BCUT2D eigenvalue weighted by molar-refractivity contribution is 0.0943. The lowest BCUT2D eigenvalue weighted by atomic mass is 9.99. The molecule has 94 valence electrons. The summed E-state index contributed by atoms with van der Waals surface area (Å²) in [5.74, 6) is 1.31. The van der Waals surface area contributed by atoms with Crippen LogP contribution in [0.2, 0.25) is 0 Å². The molecule has 1 fully saturated rings. The SMILES string of the molecule is CCc1occc1C(=O)NCC1CCCNC1. The first-order valence-electron chi connectivity index (χ1n) is 6.36. The lowest BCUT2D eigenvalue weighted by Crippen LogP contribution is -2.38. The summed E-state index contributed by atoms with van der Waals surface area (Å²) < 4.78 is 5.25. The van der Waals surface area contributed by atoms with E-state index in [-0.39, 0.29) is 5.91 Å². The van der Waals surface area contributed by atoms with Crippen LogP contribution in [-0.2, 0) is 6.42 Å². The van der Waals surface area contributed by atoms with Crippen LogP contribution in [0.15, 0.2) is 16.7 Å². The predicted octanol–water partition coefficient (Wildman–Crippen LogP) is 1.57. The number of carbonyl (C=O) groups excluding carboxylic acids is 1. The van der Waals surface area contributed by atoms with E-state index >= 15 is 0 Å². The van der Waals surface area contributed by atoms with Crippen LogP contribution in [-0.4, -0.2) is 25.5 Å². The van der Waals surface area contributed by atoms with Crippen molar-refractivity contribution < 1.29 is 9.21 Å². The van der Waals surface area contributed by atoms with Crippen LogP contribution in [0.5, 0.6) is 0 Å². The van der Waals surface area contributed by atoms with Crippen LogP contribution in [0.4, 0.5) is 0 Å². The smallest absolute Gasteiger partial charge is 0.254 e. The van der Waals surface area contributed by atoms with Gasteiger partial charge in [0.05, 0.1) is 11.8 Å². The standard InChI is InChI=1S/C13H20N2O2/c1-2-12-11(5-7-17-12)13(16)15-9-10-4-3-6-14-8-10/h5,7,10,14H,2-4,6,8-9H2,1H3,(H,15,16). The molecular weight excluding hydrogens is 216 g/mol. The Morgan fingerprint density at radius 1 is 1.65 bits per heavy atom. The fourth-order valence-corrected chi connectivity index (χ4v) is 2.25. The first-order valence-corrected chi connectivity index (χ1v) is 6.36. The zero-order chi connectivity index (χ0) is 12.1. The van der Waals surface area contributed by atoms with Crippen LogP contribution in [0, 0.1) is 5.92 Å². The first kappa shape index (κ1) is 12.2. The Kier molecular flexibility index (Phi) is 4.20. The van der Waals surface area contributed by atoms with Gasteiger partial charge in [0, 0.05) is 13.0 Å². The van der Waals surface area contributed by atoms with Gasteiger partial charge in [-0.1, -0.05) is 6.92 Å².